The van der Waals surface area contributed by atoms with E-state index >= 15 is 0 Å². The standard InChI is InChI=1S/C3H4NO3/c5-3(6)1-2-4-7/h1-2,4H,(H,5,6)/q-1/b2-1+. The van der Waals surface area contributed by atoms with Gasteiger partial charge in [-0.2, -0.15) is 0 Å². The minimum atomic E-state index is -1.14. The van der Waals surface area contributed by atoms with Crippen molar-refractivity contribution in [2.75, 3.05) is 0 Å². The second-order valence-electron chi connectivity index (χ2n) is 0.789. The second kappa shape index (κ2) is 3.17. The molecule has 0 aliphatic carbocycles. The van der Waals surface area contributed by atoms with Gasteiger partial charge in [0.1, 0.15) is 0 Å². The number of carboxylic acids is 1. The van der Waals surface area contributed by atoms with Crippen LogP contribution in [0.3, 0.4) is 0 Å². The van der Waals surface area contributed by atoms with E-state index < -0.39 is 5.97 Å². The molecule has 0 unspecified atom stereocenters. The topological polar surface area (TPSA) is 72.4 Å². The quantitative estimate of drug-likeness (QED) is 0.370. The van der Waals surface area contributed by atoms with Gasteiger partial charge in [-0.3, -0.25) is 0 Å². The molecule has 0 atom stereocenters. The molecule has 0 bridgehead atoms. The molecule has 0 aliphatic rings. The van der Waals surface area contributed by atoms with Gasteiger partial charge in [0.2, 0.25) is 0 Å². The zero-order valence-electron chi connectivity index (χ0n) is 3.42. The molecule has 2 N–H and O–H groups in total. The molecule has 4 nitrogen and oxygen atoms in total. The summed E-state index contributed by atoms with van der Waals surface area (Å²) in [6, 6.07) is 0. The average molecular weight is 102 g/mol. The van der Waals surface area contributed by atoms with Crippen molar-refractivity contribution in [2.24, 2.45) is 0 Å². The van der Waals surface area contributed by atoms with E-state index in [1.54, 1.807) is 0 Å². The number of carbonyl (C=O) groups is 1. The Hall–Kier alpha value is -1.03. The summed E-state index contributed by atoms with van der Waals surface area (Å²) < 4.78 is 0. The van der Waals surface area contributed by atoms with E-state index in [0.717, 1.165) is 6.20 Å². The predicted octanol–water partition coefficient (Wildman–Crippen LogP) is -0.328. The first-order valence-electron chi connectivity index (χ1n) is 1.54. The minimum Gasteiger partial charge on any atom is -0.761 e. The van der Waals surface area contributed by atoms with Crippen LogP contribution in [-0.4, -0.2) is 11.1 Å². The van der Waals surface area contributed by atoms with Crippen LogP contribution in [0.25, 0.3) is 0 Å². The van der Waals surface area contributed by atoms with Crippen LogP contribution in [0.1, 0.15) is 0 Å². The molecule has 0 spiro atoms. The Balaban J connectivity index is 3.26. The van der Waals surface area contributed by atoms with Crippen molar-refractivity contribution in [1.82, 2.24) is 5.48 Å². The van der Waals surface area contributed by atoms with Gasteiger partial charge in [-0.15, -0.1) is 0 Å². The molecule has 0 aromatic heterocycles. The Labute approximate surface area is 40.0 Å². The Kier molecular flexibility index (Phi) is 2.70. The van der Waals surface area contributed by atoms with Gasteiger partial charge in [0.05, 0.1) is 0 Å². The van der Waals surface area contributed by atoms with Gasteiger partial charge in [-0.1, -0.05) is 0 Å². The number of hydroxylamine groups is 1. The van der Waals surface area contributed by atoms with Gasteiger partial charge in [0.15, 0.2) is 0 Å². The van der Waals surface area contributed by atoms with Crippen LogP contribution >= 0.6 is 0 Å². The molecule has 0 fully saturated rings. The molecule has 0 rings (SSSR count). The number of aliphatic carboxylic acids is 1. The number of nitrogens with one attached hydrogen (secondary N) is 1. The van der Waals surface area contributed by atoms with E-state index in [1.165, 1.54) is 5.48 Å². The minimum absolute atomic E-state index is 0.715. The molecule has 4 heteroatoms. The summed E-state index contributed by atoms with van der Waals surface area (Å²) >= 11 is 0. The van der Waals surface area contributed by atoms with E-state index in [2.05, 4.69) is 0 Å². The van der Waals surface area contributed by atoms with E-state index in [1.807, 2.05) is 0 Å². The predicted molar refractivity (Wildman–Crippen MR) is 23.3 cm³/mol. The van der Waals surface area contributed by atoms with Gasteiger partial charge < -0.3 is 15.8 Å². The highest BCUT2D eigenvalue weighted by molar-refractivity contribution is 5.79. The third-order valence-electron chi connectivity index (χ3n) is 0.294. The summed E-state index contributed by atoms with van der Waals surface area (Å²) in [5, 5.41) is 17.0. The SMILES string of the molecule is O=C(O)/C=C/N[O-]. The Morgan fingerprint density at radius 1 is 1.86 bits per heavy atom. The Bertz CT molecular complexity index is 88.2. The summed E-state index contributed by atoms with van der Waals surface area (Å²) in [7, 11) is 0. The van der Waals surface area contributed by atoms with Crippen molar-refractivity contribution in [3.8, 4) is 0 Å². The molecule has 40 valence electrons. The normalized spacial score (nSPS) is 9.29. The fourth-order valence-corrected chi connectivity index (χ4v) is 0.105. The van der Waals surface area contributed by atoms with Crippen LogP contribution in [0.15, 0.2) is 12.3 Å². The van der Waals surface area contributed by atoms with E-state index in [-0.39, 0.29) is 0 Å². The highest BCUT2D eigenvalue weighted by atomic mass is 16.5. The summed E-state index contributed by atoms with van der Waals surface area (Å²) in [5.74, 6) is -1.14. The maximum absolute atomic E-state index is 9.49. The summed E-state index contributed by atoms with van der Waals surface area (Å²) in [5.41, 5.74) is 1.29. The number of rotatable bonds is 2. The first-order chi connectivity index (χ1) is 3.27. The van der Waals surface area contributed by atoms with Gasteiger partial charge >= 0.3 is 5.97 Å². The first kappa shape index (κ1) is 5.97. The maximum Gasteiger partial charge on any atom is 0.329 e. The van der Waals surface area contributed by atoms with E-state index in [4.69, 9.17) is 5.11 Å². The van der Waals surface area contributed by atoms with Crippen molar-refractivity contribution in [3.63, 3.8) is 0 Å². The molecule has 0 heterocycles. The van der Waals surface area contributed by atoms with Crippen LogP contribution < -0.4 is 5.48 Å². The van der Waals surface area contributed by atoms with Crippen molar-refractivity contribution in [1.29, 1.82) is 0 Å². The monoisotopic (exact) mass is 102 g/mol. The maximum atomic E-state index is 9.49. The number of hydrogen-bond acceptors (Lipinski definition) is 3. The summed E-state index contributed by atoms with van der Waals surface area (Å²) in [4.78, 5) is 9.49. The van der Waals surface area contributed by atoms with Crippen molar-refractivity contribution in [3.05, 3.63) is 17.5 Å². The fraction of sp³-hybridized carbons (Fsp3) is 0. The molecular formula is C3H4NO3-. The summed E-state index contributed by atoms with van der Waals surface area (Å²) in [6.45, 7) is 0. The smallest absolute Gasteiger partial charge is 0.329 e. The lowest BCUT2D eigenvalue weighted by atomic mass is 10.6. The summed E-state index contributed by atoms with van der Waals surface area (Å²) in [6.07, 6.45) is 1.51. The highest BCUT2D eigenvalue weighted by Gasteiger charge is 1.77. The average Bonchev–Trinajstić information content (AvgIpc) is 1.61. The van der Waals surface area contributed by atoms with Crippen LogP contribution in [0, 0.1) is 5.21 Å². The lowest BCUT2D eigenvalue weighted by Crippen LogP contribution is -1.92. The molecule has 0 saturated carbocycles. The van der Waals surface area contributed by atoms with Crippen molar-refractivity contribution < 1.29 is 9.90 Å². The molecule has 0 aromatic rings. The van der Waals surface area contributed by atoms with Gasteiger partial charge in [-0.05, 0) is 6.20 Å². The fourth-order valence-electron chi connectivity index (χ4n) is 0.105. The number of carboxylic acid groups (broad SMARTS) is 1. The zero-order valence-corrected chi connectivity index (χ0v) is 3.42. The third kappa shape index (κ3) is 4.97. The molecular weight excluding hydrogens is 98.0 g/mol. The molecule has 0 amide bonds. The van der Waals surface area contributed by atoms with E-state index in [0.29, 0.717) is 6.08 Å². The van der Waals surface area contributed by atoms with Gasteiger partial charge in [-0.25, -0.2) is 4.79 Å². The first-order valence-corrected chi connectivity index (χ1v) is 1.54. The van der Waals surface area contributed by atoms with Crippen LogP contribution in [0.2, 0.25) is 0 Å². The molecule has 0 radical (unpaired) electrons. The zero-order chi connectivity index (χ0) is 5.70. The van der Waals surface area contributed by atoms with Crippen molar-refractivity contribution >= 4 is 5.97 Å². The molecule has 0 aromatic carbocycles. The highest BCUT2D eigenvalue weighted by Crippen LogP contribution is 1.63. The molecule has 7 heavy (non-hydrogen) atoms. The third-order valence-corrected chi connectivity index (χ3v) is 0.294. The number of hydrogen-bond donors (Lipinski definition) is 2. The van der Waals surface area contributed by atoms with Crippen molar-refractivity contribution in [2.45, 2.75) is 0 Å². The second-order valence-corrected chi connectivity index (χ2v) is 0.789. The lowest BCUT2D eigenvalue weighted by molar-refractivity contribution is -0.131. The van der Waals surface area contributed by atoms with Gasteiger partial charge in [0, 0.05) is 6.08 Å². The largest absolute Gasteiger partial charge is 0.761 e. The Morgan fingerprint density at radius 2 is 2.43 bits per heavy atom. The van der Waals surface area contributed by atoms with Crippen LogP contribution in [0.5, 0.6) is 0 Å². The lowest BCUT2D eigenvalue weighted by Gasteiger charge is -1.95. The van der Waals surface area contributed by atoms with Crippen LogP contribution in [0.4, 0.5) is 0 Å². The molecule has 0 saturated heterocycles. The van der Waals surface area contributed by atoms with E-state index in [9.17, 15) is 10.0 Å². The van der Waals surface area contributed by atoms with Gasteiger partial charge in [0.25, 0.3) is 0 Å². The molecule has 0 aliphatic heterocycles. The van der Waals surface area contributed by atoms with Crippen LogP contribution in [-0.2, 0) is 4.79 Å². The Morgan fingerprint density at radius 3 is 2.57 bits per heavy atom.